The summed E-state index contributed by atoms with van der Waals surface area (Å²) in [6.07, 6.45) is -1.59. The summed E-state index contributed by atoms with van der Waals surface area (Å²) in [6.45, 7) is 0. The molecule has 0 spiro atoms. The second kappa shape index (κ2) is 7.40. The first-order valence-corrected chi connectivity index (χ1v) is 7.99. The van der Waals surface area contributed by atoms with Gasteiger partial charge >= 0.3 is 6.18 Å². The van der Waals surface area contributed by atoms with Crippen LogP contribution in [0.4, 0.5) is 13.2 Å². The van der Waals surface area contributed by atoms with E-state index >= 15 is 0 Å². The highest BCUT2D eigenvalue weighted by atomic mass is 19.4. The molecule has 3 aromatic carbocycles. The van der Waals surface area contributed by atoms with Gasteiger partial charge in [0.15, 0.2) is 5.78 Å². The Kier molecular flexibility index (Phi) is 5.03. The highest BCUT2D eigenvalue weighted by molar-refractivity contribution is 6.06. The monoisotopic (exact) mass is 352 g/mol. The van der Waals surface area contributed by atoms with E-state index in [9.17, 15) is 18.0 Å². The van der Waals surface area contributed by atoms with Crippen LogP contribution in [0.3, 0.4) is 0 Å². The number of alkyl halides is 3. The van der Waals surface area contributed by atoms with E-state index in [2.05, 4.69) is 0 Å². The largest absolute Gasteiger partial charge is 0.416 e. The van der Waals surface area contributed by atoms with Crippen LogP contribution in [0.2, 0.25) is 0 Å². The van der Waals surface area contributed by atoms with E-state index < -0.39 is 17.5 Å². The summed E-state index contributed by atoms with van der Waals surface area (Å²) < 4.78 is 38.2. The van der Waals surface area contributed by atoms with Crippen LogP contribution in [0, 0.1) is 0 Å². The van der Waals surface area contributed by atoms with Crippen molar-refractivity contribution in [3.63, 3.8) is 0 Å². The molecule has 0 fully saturated rings. The SMILES string of the molecule is O=C(/C=C/c1ccc(-c2ccccc2)cc1)c1cccc(C(F)(F)F)c1. The Morgan fingerprint density at radius 3 is 2.08 bits per heavy atom. The van der Waals surface area contributed by atoms with Crippen LogP contribution in [0.5, 0.6) is 0 Å². The number of rotatable bonds is 4. The topological polar surface area (TPSA) is 17.1 Å². The number of hydrogen-bond donors (Lipinski definition) is 0. The maximum Gasteiger partial charge on any atom is 0.416 e. The fraction of sp³-hybridized carbons (Fsp3) is 0.0455. The fourth-order valence-electron chi connectivity index (χ4n) is 2.53. The number of carbonyl (C=O) groups is 1. The summed E-state index contributed by atoms with van der Waals surface area (Å²) in [5.74, 6) is -0.469. The molecule has 0 unspecified atom stereocenters. The lowest BCUT2D eigenvalue weighted by atomic mass is 10.0. The van der Waals surface area contributed by atoms with Crippen LogP contribution < -0.4 is 0 Å². The van der Waals surface area contributed by atoms with Gasteiger partial charge in [-0.3, -0.25) is 4.79 Å². The third kappa shape index (κ3) is 4.28. The molecule has 0 aliphatic carbocycles. The average Bonchev–Trinajstić information content (AvgIpc) is 2.66. The minimum Gasteiger partial charge on any atom is -0.289 e. The van der Waals surface area contributed by atoms with Gasteiger partial charge in [0, 0.05) is 5.56 Å². The molecule has 1 nitrogen and oxygen atoms in total. The third-order valence-corrected chi connectivity index (χ3v) is 3.92. The molecule has 130 valence electrons. The first-order chi connectivity index (χ1) is 12.4. The molecule has 0 saturated carbocycles. The first kappa shape index (κ1) is 17.7. The van der Waals surface area contributed by atoms with Gasteiger partial charge in [0.1, 0.15) is 0 Å². The molecule has 0 bridgehead atoms. The molecule has 26 heavy (non-hydrogen) atoms. The van der Waals surface area contributed by atoms with Crippen LogP contribution in [0.15, 0.2) is 84.9 Å². The van der Waals surface area contributed by atoms with E-state index in [1.54, 1.807) is 6.08 Å². The van der Waals surface area contributed by atoms with Crippen molar-refractivity contribution >= 4 is 11.9 Å². The molecule has 3 aromatic rings. The number of carbonyl (C=O) groups excluding carboxylic acids is 1. The molecule has 0 aliphatic heterocycles. The molecular weight excluding hydrogens is 337 g/mol. The summed E-state index contributed by atoms with van der Waals surface area (Å²) in [6, 6.07) is 21.9. The highest BCUT2D eigenvalue weighted by Crippen LogP contribution is 2.29. The molecule has 0 radical (unpaired) electrons. The first-order valence-electron chi connectivity index (χ1n) is 7.99. The Morgan fingerprint density at radius 2 is 1.42 bits per heavy atom. The molecule has 0 aromatic heterocycles. The molecule has 3 rings (SSSR count). The van der Waals surface area contributed by atoms with E-state index in [-0.39, 0.29) is 5.56 Å². The van der Waals surface area contributed by atoms with Gasteiger partial charge in [-0.15, -0.1) is 0 Å². The van der Waals surface area contributed by atoms with E-state index in [0.717, 1.165) is 28.8 Å². The fourth-order valence-corrected chi connectivity index (χ4v) is 2.53. The lowest BCUT2D eigenvalue weighted by Crippen LogP contribution is -2.06. The minimum atomic E-state index is -4.47. The molecule has 0 N–H and O–H groups in total. The van der Waals surface area contributed by atoms with Crippen LogP contribution in [-0.2, 0) is 6.18 Å². The van der Waals surface area contributed by atoms with E-state index in [1.807, 2.05) is 54.6 Å². The Labute approximate surface area is 149 Å². The predicted molar refractivity (Wildman–Crippen MR) is 96.7 cm³/mol. The van der Waals surface area contributed by atoms with Crippen molar-refractivity contribution in [3.8, 4) is 11.1 Å². The zero-order chi connectivity index (χ0) is 18.6. The normalized spacial score (nSPS) is 11.7. The third-order valence-electron chi connectivity index (χ3n) is 3.92. The van der Waals surface area contributed by atoms with Gasteiger partial charge in [-0.25, -0.2) is 0 Å². The number of benzene rings is 3. The standard InChI is InChI=1S/C22H15F3O/c23-22(24,25)20-8-4-7-19(15-20)21(26)14-11-16-9-12-18(13-10-16)17-5-2-1-3-6-17/h1-15H/b14-11+. The second-order valence-corrected chi connectivity index (χ2v) is 5.76. The van der Waals surface area contributed by atoms with Crippen LogP contribution in [0.25, 0.3) is 17.2 Å². The van der Waals surface area contributed by atoms with Crippen molar-refractivity contribution in [2.24, 2.45) is 0 Å². The minimum absolute atomic E-state index is 0.0111. The smallest absolute Gasteiger partial charge is 0.289 e. The van der Waals surface area contributed by atoms with Gasteiger partial charge in [-0.2, -0.15) is 13.2 Å². The predicted octanol–water partition coefficient (Wildman–Crippen LogP) is 6.27. The molecule has 0 aliphatic rings. The Hall–Kier alpha value is -3.14. The summed E-state index contributed by atoms with van der Waals surface area (Å²) in [5, 5.41) is 0. The molecule has 0 heterocycles. The zero-order valence-corrected chi connectivity index (χ0v) is 13.7. The van der Waals surface area contributed by atoms with Crippen LogP contribution in [0.1, 0.15) is 21.5 Å². The van der Waals surface area contributed by atoms with Crippen molar-refractivity contribution in [2.45, 2.75) is 6.18 Å². The van der Waals surface area contributed by atoms with E-state index in [1.165, 1.54) is 18.2 Å². The van der Waals surface area contributed by atoms with Gasteiger partial charge in [0.25, 0.3) is 0 Å². The number of hydrogen-bond acceptors (Lipinski definition) is 1. The van der Waals surface area contributed by atoms with Gasteiger partial charge < -0.3 is 0 Å². The van der Waals surface area contributed by atoms with Gasteiger partial charge in [-0.1, -0.05) is 72.8 Å². The molecule has 4 heteroatoms. The summed E-state index contributed by atoms with van der Waals surface area (Å²) in [5.41, 5.74) is 2.11. The average molecular weight is 352 g/mol. The Morgan fingerprint density at radius 1 is 0.769 bits per heavy atom. The number of halogens is 3. The summed E-state index contributed by atoms with van der Waals surface area (Å²) in [4.78, 5) is 12.1. The maximum atomic E-state index is 12.7. The zero-order valence-electron chi connectivity index (χ0n) is 13.7. The Bertz CT molecular complexity index is 924. The van der Waals surface area contributed by atoms with Gasteiger partial charge in [-0.05, 0) is 34.9 Å². The Balaban J connectivity index is 1.75. The highest BCUT2D eigenvalue weighted by Gasteiger charge is 2.30. The van der Waals surface area contributed by atoms with Crippen LogP contribution in [-0.4, -0.2) is 5.78 Å². The molecule has 0 amide bonds. The quantitative estimate of drug-likeness (QED) is 0.399. The number of allylic oxidation sites excluding steroid dienone is 1. The second-order valence-electron chi connectivity index (χ2n) is 5.76. The van der Waals surface area contributed by atoms with E-state index in [4.69, 9.17) is 0 Å². The molecular formula is C22H15F3O. The van der Waals surface area contributed by atoms with Gasteiger partial charge in [0.2, 0.25) is 0 Å². The molecule has 0 atom stereocenters. The maximum absolute atomic E-state index is 12.7. The van der Waals surface area contributed by atoms with Crippen molar-refractivity contribution in [1.29, 1.82) is 0 Å². The lowest BCUT2D eigenvalue weighted by Gasteiger charge is -2.07. The van der Waals surface area contributed by atoms with Gasteiger partial charge in [0.05, 0.1) is 5.56 Å². The van der Waals surface area contributed by atoms with Crippen molar-refractivity contribution in [3.05, 3.63) is 102 Å². The summed E-state index contributed by atoms with van der Waals surface area (Å²) >= 11 is 0. The van der Waals surface area contributed by atoms with E-state index in [0.29, 0.717) is 0 Å². The lowest BCUT2D eigenvalue weighted by molar-refractivity contribution is -0.137. The molecule has 0 saturated heterocycles. The summed E-state index contributed by atoms with van der Waals surface area (Å²) in [7, 11) is 0. The number of ketones is 1. The van der Waals surface area contributed by atoms with Crippen molar-refractivity contribution in [2.75, 3.05) is 0 Å². The van der Waals surface area contributed by atoms with Crippen molar-refractivity contribution < 1.29 is 18.0 Å². The van der Waals surface area contributed by atoms with Crippen molar-refractivity contribution in [1.82, 2.24) is 0 Å². The van der Waals surface area contributed by atoms with Crippen LogP contribution >= 0.6 is 0 Å².